The van der Waals surface area contributed by atoms with E-state index in [0.29, 0.717) is 6.42 Å². The SMILES string of the molecule is O=C1C=CN(c2ccccc2)C(c2ccc(-c3ccccc3)cc2)C1. The third kappa shape index (κ3) is 3.24. The van der Waals surface area contributed by atoms with Gasteiger partial charge in [-0.15, -0.1) is 0 Å². The Hall–Kier alpha value is -3.13. The number of carbonyl (C=O) groups excluding carboxylic acids is 1. The molecule has 1 aliphatic heterocycles. The minimum absolute atomic E-state index is 0.0322. The van der Waals surface area contributed by atoms with Crippen LogP contribution in [0.15, 0.2) is 97.2 Å². The zero-order valence-corrected chi connectivity index (χ0v) is 13.9. The number of benzene rings is 3. The Kier molecular flexibility index (Phi) is 4.17. The summed E-state index contributed by atoms with van der Waals surface area (Å²) in [4.78, 5) is 14.2. The van der Waals surface area contributed by atoms with Gasteiger partial charge in [0.15, 0.2) is 5.78 Å². The van der Waals surface area contributed by atoms with Gasteiger partial charge in [0.05, 0.1) is 6.04 Å². The summed E-state index contributed by atoms with van der Waals surface area (Å²) >= 11 is 0. The first-order valence-corrected chi connectivity index (χ1v) is 8.51. The summed E-state index contributed by atoms with van der Waals surface area (Å²) in [5.41, 5.74) is 4.64. The van der Waals surface area contributed by atoms with Crippen molar-refractivity contribution >= 4 is 11.5 Å². The molecule has 0 N–H and O–H groups in total. The van der Waals surface area contributed by atoms with E-state index < -0.39 is 0 Å². The highest BCUT2D eigenvalue weighted by Gasteiger charge is 2.25. The lowest BCUT2D eigenvalue weighted by Crippen LogP contribution is -2.28. The third-order valence-corrected chi connectivity index (χ3v) is 4.61. The van der Waals surface area contributed by atoms with E-state index in [0.717, 1.165) is 11.3 Å². The highest BCUT2D eigenvalue weighted by atomic mass is 16.1. The maximum Gasteiger partial charge on any atom is 0.159 e. The number of anilines is 1. The average Bonchev–Trinajstić information content (AvgIpc) is 2.69. The van der Waals surface area contributed by atoms with Gasteiger partial charge in [0.2, 0.25) is 0 Å². The van der Waals surface area contributed by atoms with Gasteiger partial charge in [0.1, 0.15) is 0 Å². The zero-order valence-electron chi connectivity index (χ0n) is 13.9. The van der Waals surface area contributed by atoms with Gasteiger partial charge in [0.25, 0.3) is 0 Å². The molecule has 0 aromatic heterocycles. The maximum absolute atomic E-state index is 12.0. The van der Waals surface area contributed by atoms with E-state index in [9.17, 15) is 4.79 Å². The van der Waals surface area contributed by atoms with E-state index in [1.807, 2.05) is 42.6 Å². The fourth-order valence-corrected chi connectivity index (χ4v) is 3.30. The monoisotopic (exact) mass is 325 g/mol. The topological polar surface area (TPSA) is 20.3 Å². The Morgan fingerprint density at radius 2 is 1.32 bits per heavy atom. The lowest BCUT2D eigenvalue weighted by molar-refractivity contribution is -0.115. The molecule has 2 nitrogen and oxygen atoms in total. The van der Waals surface area contributed by atoms with Crippen molar-refractivity contribution in [3.63, 3.8) is 0 Å². The second-order valence-electron chi connectivity index (χ2n) is 6.23. The molecule has 2 heteroatoms. The van der Waals surface area contributed by atoms with Crippen LogP contribution in [0.3, 0.4) is 0 Å². The Morgan fingerprint density at radius 1 is 0.720 bits per heavy atom. The summed E-state index contributed by atoms with van der Waals surface area (Å²) < 4.78 is 0. The van der Waals surface area contributed by atoms with Crippen molar-refractivity contribution in [2.24, 2.45) is 0 Å². The Morgan fingerprint density at radius 3 is 2.00 bits per heavy atom. The first kappa shape index (κ1) is 15.4. The van der Waals surface area contributed by atoms with E-state index in [1.165, 1.54) is 11.1 Å². The van der Waals surface area contributed by atoms with Gasteiger partial charge in [-0.3, -0.25) is 4.79 Å². The molecular formula is C23H19NO. The van der Waals surface area contributed by atoms with Crippen LogP contribution in [-0.4, -0.2) is 5.78 Å². The lowest BCUT2D eigenvalue weighted by Gasteiger charge is -2.33. The van der Waals surface area contributed by atoms with Crippen LogP contribution in [0, 0.1) is 0 Å². The van der Waals surface area contributed by atoms with Crippen molar-refractivity contribution in [3.8, 4) is 11.1 Å². The smallest absolute Gasteiger partial charge is 0.159 e. The Balaban J connectivity index is 1.67. The van der Waals surface area contributed by atoms with E-state index in [2.05, 4.69) is 53.4 Å². The van der Waals surface area contributed by atoms with Crippen LogP contribution in [0.25, 0.3) is 11.1 Å². The van der Waals surface area contributed by atoms with Gasteiger partial charge in [-0.2, -0.15) is 0 Å². The van der Waals surface area contributed by atoms with E-state index >= 15 is 0 Å². The van der Waals surface area contributed by atoms with Crippen LogP contribution in [0.5, 0.6) is 0 Å². The molecule has 0 amide bonds. The zero-order chi connectivity index (χ0) is 17.1. The molecule has 0 aliphatic carbocycles. The molecule has 0 bridgehead atoms. The van der Waals surface area contributed by atoms with Crippen molar-refractivity contribution < 1.29 is 4.79 Å². The van der Waals surface area contributed by atoms with Crippen molar-refractivity contribution in [1.82, 2.24) is 0 Å². The van der Waals surface area contributed by atoms with Crippen molar-refractivity contribution in [2.75, 3.05) is 4.90 Å². The molecule has 3 aromatic rings. The highest BCUT2D eigenvalue weighted by molar-refractivity contribution is 5.92. The summed E-state index contributed by atoms with van der Waals surface area (Å²) in [6.45, 7) is 0. The summed E-state index contributed by atoms with van der Waals surface area (Å²) in [5, 5.41) is 0. The van der Waals surface area contributed by atoms with Crippen LogP contribution in [-0.2, 0) is 4.79 Å². The fraction of sp³-hybridized carbons (Fsp3) is 0.0870. The number of ketones is 1. The van der Waals surface area contributed by atoms with Crippen LogP contribution in [0.1, 0.15) is 18.0 Å². The molecule has 0 saturated carbocycles. The van der Waals surface area contributed by atoms with Crippen LogP contribution >= 0.6 is 0 Å². The van der Waals surface area contributed by atoms with E-state index in [1.54, 1.807) is 6.08 Å². The molecule has 0 spiro atoms. The molecule has 1 aliphatic rings. The average molecular weight is 325 g/mol. The number of para-hydroxylation sites is 1. The summed E-state index contributed by atoms with van der Waals surface area (Å²) in [6, 6.07) is 29.1. The number of hydrogen-bond donors (Lipinski definition) is 0. The van der Waals surface area contributed by atoms with Crippen molar-refractivity contribution in [3.05, 3.63) is 103 Å². The molecule has 3 aromatic carbocycles. The predicted octanol–water partition coefficient (Wildman–Crippen LogP) is 5.39. The molecule has 0 radical (unpaired) electrons. The fourth-order valence-electron chi connectivity index (χ4n) is 3.30. The molecule has 25 heavy (non-hydrogen) atoms. The molecule has 0 fully saturated rings. The largest absolute Gasteiger partial charge is 0.340 e. The van der Waals surface area contributed by atoms with Gasteiger partial charge < -0.3 is 4.90 Å². The molecule has 1 unspecified atom stereocenters. The van der Waals surface area contributed by atoms with Crippen LogP contribution < -0.4 is 4.90 Å². The first-order valence-electron chi connectivity index (χ1n) is 8.51. The second kappa shape index (κ2) is 6.78. The Bertz CT molecular complexity index is 882. The number of nitrogens with zero attached hydrogens (tertiary/aromatic N) is 1. The molecule has 4 rings (SSSR count). The van der Waals surface area contributed by atoms with Gasteiger partial charge >= 0.3 is 0 Å². The minimum Gasteiger partial charge on any atom is -0.340 e. The van der Waals surface area contributed by atoms with Crippen molar-refractivity contribution in [1.29, 1.82) is 0 Å². The second-order valence-corrected chi connectivity index (χ2v) is 6.23. The molecule has 1 heterocycles. The Labute approximate surface area is 148 Å². The lowest BCUT2D eigenvalue weighted by atomic mass is 9.94. The molecule has 1 atom stereocenters. The molecule has 0 saturated heterocycles. The first-order chi connectivity index (χ1) is 12.3. The van der Waals surface area contributed by atoms with E-state index in [-0.39, 0.29) is 11.8 Å². The maximum atomic E-state index is 12.0. The molecule has 122 valence electrons. The predicted molar refractivity (Wildman–Crippen MR) is 102 cm³/mol. The highest BCUT2D eigenvalue weighted by Crippen LogP contribution is 2.34. The van der Waals surface area contributed by atoms with Crippen LogP contribution in [0.4, 0.5) is 5.69 Å². The van der Waals surface area contributed by atoms with Crippen LogP contribution in [0.2, 0.25) is 0 Å². The number of hydrogen-bond acceptors (Lipinski definition) is 2. The third-order valence-electron chi connectivity index (χ3n) is 4.61. The van der Waals surface area contributed by atoms with Gasteiger partial charge in [0, 0.05) is 18.3 Å². The van der Waals surface area contributed by atoms with Crippen molar-refractivity contribution in [2.45, 2.75) is 12.5 Å². The quantitative estimate of drug-likeness (QED) is 0.643. The van der Waals surface area contributed by atoms with Gasteiger partial charge in [-0.05, 0) is 34.9 Å². The number of rotatable bonds is 3. The van der Waals surface area contributed by atoms with Gasteiger partial charge in [-0.1, -0.05) is 72.8 Å². The standard InChI is InChI=1S/C23H19NO/c25-22-15-16-24(21-9-5-2-6-10-21)23(17-22)20-13-11-19(12-14-20)18-7-3-1-4-8-18/h1-16,23H,17H2. The minimum atomic E-state index is 0.0322. The number of carbonyl (C=O) groups is 1. The normalized spacial score (nSPS) is 16.9. The summed E-state index contributed by atoms with van der Waals surface area (Å²) in [5.74, 6) is 0.171. The summed E-state index contributed by atoms with van der Waals surface area (Å²) in [6.07, 6.45) is 4.06. The summed E-state index contributed by atoms with van der Waals surface area (Å²) in [7, 11) is 0. The van der Waals surface area contributed by atoms with Gasteiger partial charge in [-0.25, -0.2) is 0 Å². The number of allylic oxidation sites excluding steroid dienone is 1. The molecular weight excluding hydrogens is 306 g/mol. The van der Waals surface area contributed by atoms with E-state index in [4.69, 9.17) is 0 Å².